The lowest BCUT2D eigenvalue weighted by atomic mass is 10.1. The van der Waals surface area contributed by atoms with Crippen LogP contribution >= 0.6 is 0 Å². The summed E-state index contributed by atoms with van der Waals surface area (Å²) >= 11 is 0. The van der Waals surface area contributed by atoms with Crippen molar-refractivity contribution in [2.24, 2.45) is 0 Å². The third kappa shape index (κ3) is 5.95. The molecule has 0 aliphatic carbocycles. The Labute approximate surface area is 139 Å². The van der Waals surface area contributed by atoms with E-state index in [1.54, 1.807) is 0 Å². The van der Waals surface area contributed by atoms with Crippen molar-refractivity contribution in [2.75, 3.05) is 24.6 Å². The second-order valence-corrected chi connectivity index (χ2v) is 9.89. The van der Waals surface area contributed by atoms with Crippen LogP contribution in [0.25, 0.3) is 0 Å². The first-order valence-corrected chi connectivity index (χ1v) is 10.4. The molecule has 0 aromatic heterocycles. The Morgan fingerprint density at radius 1 is 1.26 bits per heavy atom. The van der Waals surface area contributed by atoms with Gasteiger partial charge in [0.25, 0.3) is 0 Å². The summed E-state index contributed by atoms with van der Waals surface area (Å²) in [5.41, 5.74) is -0.473. The van der Waals surface area contributed by atoms with Gasteiger partial charge in [0, 0.05) is 18.6 Å². The molecule has 7 heteroatoms. The molecule has 2 fully saturated rings. The molecule has 2 rings (SSSR count). The topological polar surface area (TPSA) is 75.7 Å². The van der Waals surface area contributed by atoms with Gasteiger partial charge in [-0.2, -0.15) is 0 Å². The fourth-order valence-corrected chi connectivity index (χ4v) is 5.01. The van der Waals surface area contributed by atoms with E-state index in [0.717, 1.165) is 45.2 Å². The largest absolute Gasteiger partial charge is 0.444 e. The molecule has 1 amide bonds. The molecule has 2 aliphatic heterocycles. The third-order valence-corrected chi connectivity index (χ3v) is 6.20. The van der Waals surface area contributed by atoms with E-state index in [0.29, 0.717) is 5.75 Å². The number of sulfone groups is 1. The highest BCUT2D eigenvalue weighted by Crippen LogP contribution is 2.23. The minimum absolute atomic E-state index is 0.0603. The Morgan fingerprint density at radius 2 is 2.00 bits per heavy atom. The number of carbonyl (C=O) groups excluding carboxylic acids is 1. The summed E-state index contributed by atoms with van der Waals surface area (Å²) in [5, 5.41) is 3.35. The van der Waals surface area contributed by atoms with Gasteiger partial charge in [-0.05, 0) is 59.4 Å². The van der Waals surface area contributed by atoms with Crippen molar-refractivity contribution in [3.05, 3.63) is 0 Å². The van der Waals surface area contributed by atoms with Gasteiger partial charge in [0.15, 0.2) is 9.84 Å². The molecule has 0 radical (unpaired) electrons. The molecule has 0 spiro atoms. The predicted molar refractivity (Wildman–Crippen MR) is 90.3 cm³/mol. The zero-order valence-corrected chi connectivity index (χ0v) is 15.3. The van der Waals surface area contributed by atoms with Crippen LogP contribution in [0.2, 0.25) is 0 Å². The quantitative estimate of drug-likeness (QED) is 0.842. The molecule has 2 aliphatic rings. The van der Waals surface area contributed by atoms with E-state index in [2.05, 4.69) is 5.32 Å². The average molecular weight is 346 g/mol. The molecule has 134 valence electrons. The summed E-state index contributed by atoms with van der Waals surface area (Å²) < 4.78 is 28.8. The molecule has 0 bridgehead atoms. The SMILES string of the molecule is CC(C)(C)OC(=O)N1CCCC1CCNC1CCCS(=O)(=O)C1. The molecule has 2 unspecified atom stereocenters. The van der Waals surface area contributed by atoms with Crippen molar-refractivity contribution < 1.29 is 17.9 Å². The highest BCUT2D eigenvalue weighted by Gasteiger charge is 2.32. The second-order valence-electron chi connectivity index (χ2n) is 7.67. The number of hydrogen-bond donors (Lipinski definition) is 1. The fraction of sp³-hybridized carbons (Fsp3) is 0.938. The van der Waals surface area contributed by atoms with Gasteiger partial charge in [0.05, 0.1) is 11.5 Å². The van der Waals surface area contributed by atoms with Crippen LogP contribution in [0.5, 0.6) is 0 Å². The Balaban J connectivity index is 1.77. The van der Waals surface area contributed by atoms with Crippen LogP contribution in [0, 0.1) is 0 Å². The Kier molecular flexibility index (Phi) is 5.94. The Morgan fingerprint density at radius 3 is 2.65 bits per heavy atom. The minimum atomic E-state index is -2.87. The first-order chi connectivity index (χ1) is 10.7. The molecular weight excluding hydrogens is 316 g/mol. The number of ether oxygens (including phenoxy) is 1. The lowest BCUT2D eigenvalue weighted by Crippen LogP contribution is -2.43. The minimum Gasteiger partial charge on any atom is -0.444 e. The summed E-state index contributed by atoms with van der Waals surface area (Å²) in [4.78, 5) is 14.0. The average Bonchev–Trinajstić information content (AvgIpc) is 2.84. The van der Waals surface area contributed by atoms with Crippen molar-refractivity contribution in [1.29, 1.82) is 0 Å². The number of nitrogens with zero attached hydrogens (tertiary/aromatic N) is 1. The summed E-state index contributed by atoms with van der Waals surface area (Å²) in [6.07, 6.45) is 4.26. The molecule has 0 aromatic carbocycles. The first kappa shape index (κ1) is 18.5. The van der Waals surface area contributed by atoms with Crippen molar-refractivity contribution in [1.82, 2.24) is 10.2 Å². The number of rotatable bonds is 4. The molecule has 23 heavy (non-hydrogen) atoms. The highest BCUT2D eigenvalue weighted by atomic mass is 32.2. The zero-order chi connectivity index (χ0) is 17.1. The Hall–Kier alpha value is -0.820. The second kappa shape index (κ2) is 7.38. The summed E-state index contributed by atoms with van der Waals surface area (Å²) in [6.45, 7) is 7.12. The van der Waals surface area contributed by atoms with Crippen molar-refractivity contribution >= 4 is 15.9 Å². The molecule has 1 N–H and O–H groups in total. The molecule has 2 saturated heterocycles. The number of nitrogens with one attached hydrogen (secondary N) is 1. The van der Waals surface area contributed by atoms with Crippen LogP contribution in [-0.2, 0) is 14.6 Å². The maximum absolute atomic E-state index is 12.2. The van der Waals surface area contributed by atoms with Crippen LogP contribution in [0.4, 0.5) is 4.79 Å². The van der Waals surface area contributed by atoms with E-state index >= 15 is 0 Å². The van der Waals surface area contributed by atoms with Gasteiger partial charge in [0.1, 0.15) is 5.60 Å². The van der Waals surface area contributed by atoms with Crippen molar-refractivity contribution in [3.8, 4) is 0 Å². The van der Waals surface area contributed by atoms with Gasteiger partial charge in [0.2, 0.25) is 0 Å². The van der Waals surface area contributed by atoms with Gasteiger partial charge in [-0.3, -0.25) is 0 Å². The van der Waals surface area contributed by atoms with Crippen molar-refractivity contribution in [3.63, 3.8) is 0 Å². The van der Waals surface area contributed by atoms with Crippen molar-refractivity contribution in [2.45, 2.75) is 70.6 Å². The number of carbonyl (C=O) groups is 1. The molecule has 0 aromatic rings. The molecule has 0 saturated carbocycles. The molecule has 2 heterocycles. The Bertz CT molecular complexity index is 513. The predicted octanol–water partition coefficient (Wildman–Crippen LogP) is 1.94. The van der Waals surface area contributed by atoms with Crippen LogP contribution in [0.3, 0.4) is 0 Å². The number of likely N-dealkylation sites (tertiary alicyclic amines) is 1. The number of amides is 1. The molecule has 6 nitrogen and oxygen atoms in total. The normalized spacial score (nSPS) is 27.9. The first-order valence-electron chi connectivity index (χ1n) is 8.60. The summed E-state index contributed by atoms with van der Waals surface area (Å²) in [5.74, 6) is 0.563. The van der Waals surface area contributed by atoms with E-state index in [-0.39, 0.29) is 23.9 Å². The van der Waals surface area contributed by atoms with E-state index in [1.807, 2.05) is 25.7 Å². The highest BCUT2D eigenvalue weighted by molar-refractivity contribution is 7.91. The van der Waals surface area contributed by atoms with E-state index in [1.165, 1.54) is 0 Å². The zero-order valence-electron chi connectivity index (χ0n) is 14.5. The summed E-state index contributed by atoms with van der Waals surface area (Å²) in [6, 6.07) is 0.252. The number of hydrogen-bond acceptors (Lipinski definition) is 5. The third-order valence-electron chi connectivity index (χ3n) is 4.38. The van der Waals surface area contributed by atoms with Gasteiger partial charge in [-0.15, -0.1) is 0 Å². The van der Waals surface area contributed by atoms with Gasteiger partial charge >= 0.3 is 6.09 Å². The lowest BCUT2D eigenvalue weighted by molar-refractivity contribution is 0.0220. The van der Waals surface area contributed by atoms with E-state index in [9.17, 15) is 13.2 Å². The van der Waals surface area contributed by atoms with Crippen LogP contribution in [0.1, 0.15) is 52.9 Å². The fourth-order valence-electron chi connectivity index (χ4n) is 3.33. The van der Waals surface area contributed by atoms with E-state index < -0.39 is 15.4 Å². The maximum Gasteiger partial charge on any atom is 0.410 e. The standard InChI is InChI=1S/C16H30N2O4S/c1-16(2,3)22-15(19)18-10-4-7-14(18)8-9-17-13-6-5-11-23(20,21)12-13/h13-14,17H,4-12H2,1-3H3. The molecular formula is C16H30N2O4S. The van der Waals surface area contributed by atoms with Gasteiger partial charge in [-0.1, -0.05) is 0 Å². The molecule has 2 atom stereocenters. The lowest BCUT2D eigenvalue weighted by Gasteiger charge is -2.29. The smallest absolute Gasteiger partial charge is 0.410 e. The van der Waals surface area contributed by atoms with E-state index in [4.69, 9.17) is 4.74 Å². The monoisotopic (exact) mass is 346 g/mol. The van der Waals surface area contributed by atoms with Gasteiger partial charge in [-0.25, -0.2) is 13.2 Å². The van der Waals surface area contributed by atoms with Crippen LogP contribution in [0.15, 0.2) is 0 Å². The van der Waals surface area contributed by atoms with Gasteiger partial charge < -0.3 is 15.0 Å². The maximum atomic E-state index is 12.2. The van der Waals surface area contributed by atoms with Crippen LogP contribution < -0.4 is 5.32 Å². The summed E-state index contributed by atoms with van der Waals surface area (Å²) in [7, 11) is -2.87. The van der Waals surface area contributed by atoms with Crippen LogP contribution in [-0.4, -0.2) is 61.7 Å².